The highest BCUT2D eigenvalue weighted by Crippen LogP contribution is 2.33. The second-order valence-electron chi connectivity index (χ2n) is 6.98. The standard InChI is InChI=1S/C22H26N2O2/c1-3-16(2)19-11-7-8-12-20(19)24-15-18(13-21(24)25)22(26)23-14-17-9-5-4-6-10-17/h4-12,16,18H,3,13-15H2,1-2H3,(H,23,26)/t16-,18-/m0/s1. The Morgan fingerprint density at radius 2 is 1.85 bits per heavy atom. The SMILES string of the molecule is CC[C@H](C)c1ccccc1N1C[C@@H](C(=O)NCc2ccccc2)CC1=O. The molecule has 4 nitrogen and oxygen atoms in total. The fraction of sp³-hybridized carbons (Fsp3) is 0.364. The second kappa shape index (κ2) is 8.17. The molecule has 136 valence electrons. The van der Waals surface area contributed by atoms with Gasteiger partial charge in [-0.3, -0.25) is 9.59 Å². The third-order valence-electron chi connectivity index (χ3n) is 5.18. The van der Waals surface area contributed by atoms with Gasteiger partial charge in [-0.15, -0.1) is 0 Å². The first-order chi connectivity index (χ1) is 12.6. The number of benzene rings is 2. The molecule has 1 aliphatic heterocycles. The number of nitrogens with one attached hydrogen (secondary N) is 1. The highest BCUT2D eigenvalue weighted by atomic mass is 16.2. The molecule has 2 aromatic carbocycles. The maximum atomic E-state index is 12.6. The number of carbonyl (C=O) groups is 2. The normalized spacial score (nSPS) is 18.0. The van der Waals surface area contributed by atoms with Crippen molar-refractivity contribution < 1.29 is 9.59 Å². The molecular weight excluding hydrogens is 324 g/mol. The molecule has 1 saturated heterocycles. The van der Waals surface area contributed by atoms with Crippen molar-refractivity contribution in [2.24, 2.45) is 5.92 Å². The van der Waals surface area contributed by atoms with Crippen LogP contribution in [0.4, 0.5) is 5.69 Å². The average molecular weight is 350 g/mol. The van der Waals surface area contributed by atoms with Crippen LogP contribution >= 0.6 is 0 Å². The van der Waals surface area contributed by atoms with Gasteiger partial charge in [0.05, 0.1) is 5.92 Å². The lowest BCUT2D eigenvalue weighted by atomic mass is 9.96. The number of nitrogens with zero attached hydrogens (tertiary/aromatic N) is 1. The lowest BCUT2D eigenvalue weighted by molar-refractivity contribution is -0.126. The Balaban J connectivity index is 1.68. The van der Waals surface area contributed by atoms with Crippen molar-refractivity contribution in [3.63, 3.8) is 0 Å². The lowest BCUT2D eigenvalue weighted by Gasteiger charge is -2.23. The van der Waals surface area contributed by atoms with E-state index in [4.69, 9.17) is 0 Å². The number of para-hydroxylation sites is 1. The zero-order valence-corrected chi connectivity index (χ0v) is 15.4. The summed E-state index contributed by atoms with van der Waals surface area (Å²) in [6, 6.07) is 17.9. The van der Waals surface area contributed by atoms with Crippen LogP contribution in [0.2, 0.25) is 0 Å². The first kappa shape index (κ1) is 18.2. The highest BCUT2D eigenvalue weighted by Gasteiger charge is 2.36. The van der Waals surface area contributed by atoms with Gasteiger partial charge in [-0.05, 0) is 29.5 Å². The summed E-state index contributed by atoms with van der Waals surface area (Å²) in [4.78, 5) is 26.9. The van der Waals surface area contributed by atoms with Crippen LogP contribution in [-0.2, 0) is 16.1 Å². The van der Waals surface area contributed by atoms with Crippen LogP contribution in [0.5, 0.6) is 0 Å². The van der Waals surface area contributed by atoms with Crippen molar-refractivity contribution in [1.82, 2.24) is 5.32 Å². The number of hydrogen-bond acceptors (Lipinski definition) is 2. The summed E-state index contributed by atoms with van der Waals surface area (Å²) in [6.45, 7) is 5.26. The van der Waals surface area contributed by atoms with E-state index in [1.54, 1.807) is 4.90 Å². The van der Waals surface area contributed by atoms with E-state index in [2.05, 4.69) is 25.2 Å². The zero-order valence-electron chi connectivity index (χ0n) is 15.4. The van der Waals surface area contributed by atoms with Crippen molar-refractivity contribution in [3.05, 3.63) is 65.7 Å². The van der Waals surface area contributed by atoms with Crippen LogP contribution in [0.15, 0.2) is 54.6 Å². The predicted octanol–water partition coefficient (Wildman–Crippen LogP) is 3.87. The van der Waals surface area contributed by atoms with Gasteiger partial charge in [0, 0.05) is 25.2 Å². The molecule has 26 heavy (non-hydrogen) atoms. The van der Waals surface area contributed by atoms with Gasteiger partial charge in [-0.2, -0.15) is 0 Å². The van der Waals surface area contributed by atoms with Crippen LogP contribution < -0.4 is 10.2 Å². The van der Waals surface area contributed by atoms with Gasteiger partial charge in [0.2, 0.25) is 11.8 Å². The summed E-state index contributed by atoms with van der Waals surface area (Å²) < 4.78 is 0. The van der Waals surface area contributed by atoms with Crippen molar-refractivity contribution in [2.45, 2.75) is 39.2 Å². The monoisotopic (exact) mass is 350 g/mol. The van der Waals surface area contributed by atoms with E-state index in [1.807, 2.05) is 48.5 Å². The first-order valence-electron chi connectivity index (χ1n) is 9.31. The lowest BCUT2D eigenvalue weighted by Crippen LogP contribution is -2.32. The fourth-order valence-corrected chi connectivity index (χ4v) is 3.42. The summed E-state index contributed by atoms with van der Waals surface area (Å²) in [5.74, 6) is 0.0625. The molecule has 0 aliphatic carbocycles. The Bertz CT molecular complexity index is 773. The first-order valence-corrected chi connectivity index (χ1v) is 9.31. The van der Waals surface area contributed by atoms with Gasteiger partial charge in [-0.25, -0.2) is 0 Å². The minimum atomic E-state index is -0.295. The van der Waals surface area contributed by atoms with Crippen LogP contribution in [0.1, 0.15) is 43.7 Å². The molecule has 1 aliphatic rings. The maximum absolute atomic E-state index is 12.6. The van der Waals surface area contributed by atoms with E-state index >= 15 is 0 Å². The summed E-state index contributed by atoms with van der Waals surface area (Å²) in [6.07, 6.45) is 1.29. The highest BCUT2D eigenvalue weighted by molar-refractivity contribution is 6.00. The number of hydrogen-bond donors (Lipinski definition) is 1. The van der Waals surface area contributed by atoms with E-state index in [1.165, 1.54) is 5.56 Å². The Hall–Kier alpha value is -2.62. The number of rotatable bonds is 6. The number of carbonyl (C=O) groups excluding carboxylic acids is 2. The molecule has 2 amide bonds. The molecule has 0 bridgehead atoms. The molecule has 1 heterocycles. The van der Waals surface area contributed by atoms with Crippen LogP contribution in [0, 0.1) is 5.92 Å². The van der Waals surface area contributed by atoms with E-state index in [9.17, 15) is 9.59 Å². The van der Waals surface area contributed by atoms with Crippen LogP contribution in [0.25, 0.3) is 0 Å². The average Bonchev–Trinajstić information content (AvgIpc) is 3.08. The molecule has 2 aromatic rings. The molecule has 0 spiro atoms. The molecule has 0 aromatic heterocycles. The largest absolute Gasteiger partial charge is 0.352 e. The third kappa shape index (κ3) is 3.96. The molecule has 1 fully saturated rings. The van der Waals surface area contributed by atoms with E-state index in [0.717, 1.165) is 17.7 Å². The zero-order chi connectivity index (χ0) is 18.5. The summed E-state index contributed by atoms with van der Waals surface area (Å²) in [5.41, 5.74) is 3.18. The van der Waals surface area contributed by atoms with Crippen LogP contribution in [0.3, 0.4) is 0 Å². The van der Waals surface area contributed by atoms with Crippen molar-refractivity contribution in [3.8, 4) is 0 Å². The number of amides is 2. The second-order valence-corrected chi connectivity index (χ2v) is 6.98. The topological polar surface area (TPSA) is 49.4 Å². The van der Waals surface area contributed by atoms with Crippen molar-refractivity contribution in [2.75, 3.05) is 11.4 Å². The Morgan fingerprint density at radius 1 is 1.15 bits per heavy atom. The third-order valence-corrected chi connectivity index (χ3v) is 5.18. The van der Waals surface area contributed by atoms with Gasteiger partial charge < -0.3 is 10.2 Å². The maximum Gasteiger partial charge on any atom is 0.227 e. The minimum Gasteiger partial charge on any atom is -0.352 e. The van der Waals surface area contributed by atoms with Gasteiger partial charge in [0.1, 0.15) is 0 Å². The summed E-state index contributed by atoms with van der Waals surface area (Å²) in [7, 11) is 0. The molecule has 0 unspecified atom stereocenters. The van der Waals surface area contributed by atoms with Gasteiger partial charge in [0.25, 0.3) is 0 Å². The number of anilines is 1. The minimum absolute atomic E-state index is 0.0283. The van der Waals surface area contributed by atoms with Crippen LogP contribution in [-0.4, -0.2) is 18.4 Å². The molecule has 1 N–H and O–H groups in total. The summed E-state index contributed by atoms with van der Waals surface area (Å²) >= 11 is 0. The van der Waals surface area contributed by atoms with E-state index in [-0.39, 0.29) is 24.2 Å². The summed E-state index contributed by atoms with van der Waals surface area (Å²) in [5, 5.41) is 2.96. The Kier molecular flexibility index (Phi) is 5.71. The Morgan fingerprint density at radius 3 is 2.58 bits per heavy atom. The van der Waals surface area contributed by atoms with E-state index in [0.29, 0.717) is 19.0 Å². The predicted molar refractivity (Wildman–Crippen MR) is 104 cm³/mol. The van der Waals surface area contributed by atoms with Gasteiger partial charge in [0.15, 0.2) is 0 Å². The Labute approximate surface area is 155 Å². The fourth-order valence-electron chi connectivity index (χ4n) is 3.42. The van der Waals surface area contributed by atoms with Crippen molar-refractivity contribution in [1.29, 1.82) is 0 Å². The van der Waals surface area contributed by atoms with E-state index < -0.39 is 0 Å². The molecule has 0 saturated carbocycles. The van der Waals surface area contributed by atoms with Crippen molar-refractivity contribution >= 4 is 17.5 Å². The van der Waals surface area contributed by atoms with Gasteiger partial charge in [-0.1, -0.05) is 62.4 Å². The van der Waals surface area contributed by atoms with Gasteiger partial charge >= 0.3 is 0 Å². The molecule has 0 radical (unpaired) electrons. The quantitative estimate of drug-likeness (QED) is 0.860. The smallest absolute Gasteiger partial charge is 0.227 e. The molecule has 4 heteroatoms. The molecule has 3 rings (SSSR count). The molecule has 2 atom stereocenters. The molecular formula is C22H26N2O2.